The van der Waals surface area contributed by atoms with Crippen LogP contribution in [0.1, 0.15) is 63.0 Å². The van der Waals surface area contributed by atoms with Gasteiger partial charge >= 0.3 is 0 Å². The minimum absolute atomic E-state index is 0.0597. The minimum atomic E-state index is -0.0597. The molecule has 2 saturated carbocycles. The number of aliphatic hydroxyl groups is 1. The van der Waals surface area contributed by atoms with Gasteiger partial charge in [0.25, 0.3) is 0 Å². The lowest BCUT2D eigenvalue weighted by Crippen LogP contribution is -2.39. The van der Waals surface area contributed by atoms with Crippen LogP contribution in [0.3, 0.4) is 0 Å². The molecule has 0 aromatic heterocycles. The lowest BCUT2D eigenvalue weighted by molar-refractivity contribution is 0.0595. The van der Waals surface area contributed by atoms with Crippen LogP contribution in [0.15, 0.2) is 18.2 Å². The Labute approximate surface area is 133 Å². The van der Waals surface area contributed by atoms with Crippen molar-refractivity contribution >= 4 is 0 Å². The van der Waals surface area contributed by atoms with Gasteiger partial charge in [0, 0.05) is 0 Å². The zero-order valence-corrected chi connectivity index (χ0v) is 13.8. The number of ether oxygens (including phenoxy) is 1. The van der Waals surface area contributed by atoms with Gasteiger partial charge in [0.05, 0.1) is 12.7 Å². The van der Waals surface area contributed by atoms with Crippen LogP contribution in [0.5, 0.6) is 5.75 Å². The molecule has 0 spiro atoms. The Balaban J connectivity index is 1.64. The van der Waals surface area contributed by atoms with Gasteiger partial charge in [-0.3, -0.25) is 0 Å². The van der Waals surface area contributed by atoms with E-state index < -0.39 is 0 Å². The van der Waals surface area contributed by atoms with Gasteiger partial charge in [-0.2, -0.15) is 0 Å². The van der Waals surface area contributed by atoms with Crippen molar-refractivity contribution in [2.75, 3.05) is 6.61 Å². The first kappa shape index (κ1) is 14.6. The first-order valence-electron chi connectivity index (χ1n) is 9.04. The van der Waals surface area contributed by atoms with Crippen LogP contribution < -0.4 is 4.74 Å². The van der Waals surface area contributed by atoms with Gasteiger partial charge in [0.1, 0.15) is 5.75 Å². The second kappa shape index (κ2) is 5.26. The van der Waals surface area contributed by atoms with E-state index in [1.54, 1.807) is 5.56 Å². The summed E-state index contributed by atoms with van der Waals surface area (Å²) in [5.74, 6) is 3.24. The van der Waals surface area contributed by atoms with Gasteiger partial charge in [-0.1, -0.05) is 13.0 Å². The Bertz CT molecular complexity index is 567. The van der Waals surface area contributed by atoms with E-state index in [1.807, 2.05) is 6.92 Å². The molecule has 1 aromatic carbocycles. The predicted octanol–water partition coefficient (Wildman–Crippen LogP) is 4.30. The molecule has 1 N–H and O–H groups in total. The largest absolute Gasteiger partial charge is 0.494 e. The van der Waals surface area contributed by atoms with Crippen LogP contribution in [0.2, 0.25) is 0 Å². The molecule has 2 fully saturated rings. The van der Waals surface area contributed by atoms with Crippen LogP contribution in [0, 0.1) is 17.3 Å². The van der Waals surface area contributed by atoms with Gasteiger partial charge in [0.15, 0.2) is 0 Å². The van der Waals surface area contributed by atoms with Crippen LogP contribution in [-0.2, 0) is 6.42 Å². The lowest BCUT2D eigenvalue weighted by atomic mass is 9.56. The van der Waals surface area contributed by atoms with E-state index in [0.717, 1.165) is 37.0 Å². The third-order valence-corrected chi connectivity index (χ3v) is 6.76. The molecule has 0 amide bonds. The zero-order chi connectivity index (χ0) is 15.3. The summed E-state index contributed by atoms with van der Waals surface area (Å²) in [6, 6.07) is 6.75. The summed E-state index contributed by atoms with van der Waals surface area (Å²) < 4.78 is 5.67. The van der Waals surface area contributed by atoms with Crippen molar-refractivity contribution in [1.29, 1.82) is 0 Å². The molecule has 0 unspecified atom stereocenters. The van der Waals surface area contributed by atoms with E-state index >= 15 is 0 Å². The Morgan fingerprint density at radius 3 is 3.00 bits per heavy atom. The number of fused-ring (bicyclic) bond motifs is 5. The number of benzene rings is 1. The number of rotatable bonds is 2. The zero-order valence-electron chi connectivity index (χ0n) is 13.8. The molecule has 22 heavy (non-hydrogen) atoms. The first-order valence-corrected chi connectivity index (χ1v) is 9.04. The average molecular weight is 300 g/mol. The number of hydrogen-bond acceptors (Lipinski definition) is 2. The maximum Gasteiger partial charge on any atom is 0.119 e. The fourth-order valence-electron chi connectivity index (χ4n) is 5.84. The summed E-state index contributed by atoms with van der Waals surface area (Å²) in [5, 5.41) is 10.2. The van der Waals surface area contributed by atoms with Crippen molar-refractivity contribution < 1.29 is 9.84 Å². The summed E-state index contributed by atoms with van der Waals surface area (Å²) in [5.41, 5.74) is 3.47. The molecule has 0 heterocycles. The van der Waals surface area contributed by atoms with Gasteiger partial charge < -0.3 is 9.84 Å². The van der Waals surface area contributed by atoms with Gasteiger partial charge in [-0.05, 0) is 91.9 Å². The molecule has 0 aliphatic heterocycles. The molecule has 4 rings (SSSR count). The molecule has 1 aromatic rings. The Morgan fingerprint density at radius 2 is 2.18 bits per heavy atom. The van der Waals surface area contributed by atoms with Gasteiger partial charge in [0.2, 0.25) is 0 Å². The van der Waals surface area contributed by atoms with E-state index in [-0.39, 0.29) is 6.10 Å². The molecule has 3 aliphatic rings. The fourth-order valence-corrected chi connectivity index (χ4v) is 5.84. The highest BCUT2D eigenvalue weighted by molar-refractivity contribution is 5.40. The van der Waals surface area contributed by atoms with E-state index in [1.165, 1.54) is 31.2 Å². The SMILES string of the molecule is CCOc1ccc2c(c1)CC[C@H]1[C@H]3C[C@H](O)C[C@]3(C)CC[C@@H]21. The van der Waals surface area contributed by atoms with Crippen molar-refractivity contribution in [2.24, 2.45) is 17.3 Å². The Hall–Kier alpha value is -1.02. The molecule has 2 heteroatoms. The maximum absolute atomic E-state index is 10.2. The van der Waals surface area contributed by atoms with E-state index in [2.05, 4.69) is 25.1 Å². The highest BCUT2D eigenvalue weighted by Crippen LogP contribution is 2.60. The average Bonchev–Trinajstić information content (AvgIpc) is 2.81. The number of hydrogen-bond donors (Lipinski definition) is 1. The second-order valence-electron chi connectivity index (χ2n) is 8.00. The van der Waals surface area contributed by atoms with Crippen LogP contribution in [0.25, 0.3) is 0 Å². The standard InChI is InChI=1S/C20H28O2/c1-3-22-15-5-7-16-13(10-15)4-6-18-17(16)8-9-20(2)12-14(21)11-19(18)20/h5,7,10,14,17-19,21H,3-4,6,8-9,11-12H2,1-2H3/t14-,17-,18+,19+,20-/m0/s1. The first-order chi connectivity index (χ1) is 10.6. The fraction of sp³-hybridized carbons (Fsp3) is 0.700. The van der Waals surface area contributed by atoms with Crippen molar-refractivity contribution in [1.82, 2.24) is 0 Å². The monoisotopic (exact) mass is 300 g/mol. The summed E-state index contributed by atoms with van der Waals surface area (Å²) in [4.78, 5) is 0. The normalized spacial score (nSPS) is 39.8. The molecule has 0 bridgehead atoms. The molecule has 0 radical (unpaired) electrons. The van der Waals surface area contributed by atoms with Gasteiger partial charge in [-0.15, -0.1) is 0 Å². The number of aryl methyl sites for hydroxylation is 1. The van der Waals surface area contributed by atoms with Crippen molar-refractivity contribution in [3.8, 4) is 5.75 Å². The van der Waals surface area contributed by atoms with Gasteiger partial charge in [-0.25, -0.2) is 0 Å². The summed E-state index contributed by atoms with van der Waals surface area (Å²) in [6.07, 6.45) is 7.05. The van der Waals surface area contributed by atoms with Crippen molar-refractivity contribution in [3.05, 3.63) is 29.3 Å². The third kappa shape index (κ3) is 2.19. The Morgan fingerprint density at radius 1 is 1.32 bits per heavy atom. The molecule has 5 atom stereocenters. The van der Waals surface area contributed by atoms with Crippen LogP contribution in [0.4, 0.5) is 0 Å². The van der Waals surface area contributed by atoms with Crippen LogP contribution in [-0.4, -0.2) is 17.8 Å². The maximum atomic E-state index is 10.2. The molecule has 120 valence electrons. The lowest BCUT2D eigenvalue weighted by Gasteiger charge is -2.49. The summed E-state index contributed by atoms with van der Waals surface area (Å²) >= 11 is 0. The molecule has 2 nitrogen and oxygen atoms in total. The molecule has 3 aliphatic carbocycles. The van der Waals surface area contributed by atoms with E-state index in [0.29, 0.717) is 11.3 Å². The quantitative estimate of drug-likeness (QED) is 0.882. The smallest absolute Gasteiger partial charge is 0.119 e. The summed E-state index contributed by atoms with van der Waals surface area (Å²) in [7, 11) is 0. The number of aliphatic hydroxyl groups excluding tert-OH is 1. The van der Waals surface area contributed by atoms with Crippen molar-refractivity contribution in [2.45, 2.75) is 64.4 Å². The van der Waals surface area contributed by atoms with Crippen LogP contribution >= 0.6 is 0 Å². The molecular weight excluding hydrogens is 272 g/mol. The molecule has 0 saturated heterocycles. The minimum Gasteiger partial charge on any atom is -0.494 e. The summed E-state index contributed by atoms with van der Waals surface area (Å²) in [6.45, 7) is 5.21. The topological polar surface area (TPSA) is 29.5 Å². The highest BCUT2D eigenvalue weighted by Gasteiger charge is 2.52. The van der Waals surface area contributed by atoms with E-state index in [4.69, 9.17) is 4.74 Å². The second-order valence-corrected chi connectivity index (χ2v) is 8.00. The highest BCUT2D eigenvalue weighted by atomic mass is 16.5. The van der Waals surface area contributed by atoms with E-state index in [9.17, 15) is 5.11 Å². The molecular formula is C20H28O2. The predicted molar refractivity (Wildman–Crippen MR) is 88.2 cm³/mol. The Kier molecular flexibility index (Phi) is 3.48. The third-order valence-electron chi connectivity index (χ3n) is 6.76. The van der Waals surface area contributed by atoms with Crippen molar-refractivity contribution in [3.63, 3.8) is 0 Å².